The van der Waals surface area contributed by atoms with Gasteiger partial charge in [0.1, 0.15) is 0 Å². The van der Waals surface area contributed by atoms with Crippen molar-refractivity contribution in [2.75, 3.05) is 11.4 Å². The zero-order valence-electron chi connectivity index (χ0n) is 11.9. The van der Waals surface area contributed by atoms with Crippen LogP contribution in [-0.2, 0) is 6.54 Å². The first-order chi connectivity index (χ1) is 9.34. The molecule has 3 heteroatoms. The van der Waals surface area contributed by atoms with Crippen molar-refractivity contribution < 1.29 is 0 Å². The van der Waals surface area contributed by atoms with Crippen molar-refractivity contribution in [1.82, 2.24) is 10.3 Å². The Kier molecular flexibility index (Phi) is 4.02. The number of hydrogen-bond acceptors (Lipinski definition) is 3. The summed E-state index contributed by atoms with van der Waals surface area (Å²) in [4.78, 5) is 6.92. The zero-order valence-corrected chi connectivity index (χ0v) is 11.9. The van der Waals surface area contributed by atoms with Crippen molar-refractivity contribution in [1.29, 1.82) is 0 Å². The quantitative estimate of drug-likeness (QED) is 0.900. The molecule has 1 aliphatic heterocycles. The molecule has 1 atom stereocenters. The third-order valence-electron chi connectivity index (χ3n) is 4.40. The van der Waals surface area contributed by atoms with Crippen LogP contribution in [0, 0.1) is 0 Å². The van der Waals surface area contributed by atoms with E-state index in [9.17, 15) is 0 Å². The zero-order chi connectivity index (χ0) is 13.1. The number of rotatable bonds is 4. The predicted octanol–water partition coefficient (Wildman–Crippen LogP) is 3.10. The van der Waals surface area contributed by atoms with Crippen molar-refractivity contribution in [3.63, 3.8) is 0 Å². The summed E-state index contributed by atoms with van der Waals surface area (Å²) in [5.41, 5.74) is 2.76. The van der Waals surface area contributed by atoms with Gasteiger partial charge in [-0.25, -0.2) is 0 Å². The molecule has 104 valence electrons. The second-order valence-electron chi connectivity index (χ2n) is 6.05. The molecule has 0 radical (unpaired) electrons. The Morgan fingerprint density at radius 3 is 3.00 bits per heavy atom. The van der Waals surface area contributed by atoms with Gasteiger partial charge in [-0.05, 0) is 38.7 Å². The van der Waals surface area contributed by atoms with Gasteiger partial charge in [0, 0.05) is 48.8 Å². The maximum Gasteiger partial charge on any atom is 0.0445 e. The number of hydrogen-bond donors (Lipinski definition) is 1. The minimum Gasteiger partial charge on any atom is -0.368 e. The minimum absolute atomic E-state index is 0.657. The van der Waals surface area contributed by atoms with Crippen LogP contribution < -0.4 is 10.2 Å². The maximum atomic E-state index is 4.32. The van der Waals surface area contributed by atoms with E-state index in [2.05, 4.69) is 28.2 Å². The first-order valence-corrected chi connectivity index (χ1v) is 7.77. The van der Waals surface area contributed by atoms with Crippen LogP contribution in [0.5, 0.6) is 0 Å². The fraction of sp³-hybridized carbons (Fsp3) is 0.688. The maximum absolute atomic E-state index is 4.32. The van der Waals surface area contributed by atoms with Gasteiger partial charge in [-0.3, -0.25) is 4.98 Å². The van der Waals surface area contributed by atoms with Crippen LogP contribution in [0.2, 0.25) is 0 Å². The lowest BCUT2D eigenvalue weighted by Crippen LogP contribution is -2.33. The molecule has 19 heavy (non-hydrogen) atoms. The van der Waals surface area contributed by atoms with Gasteiger partial charge in [0.15, 0.2) is 0 Å². The van der Waals surface area contributed by atoms with Crippen molar-refractivity contribution in [2.24, 2.45) is 0 Å². The third-order valence-corrected chi connectivity index (χ3v) is 4.40. The summed E-state index contributed by atoms with van der Waals surface area (Å²) < 4.78 is 0. The Morgan fingerprint density at radius 2 is 2.16 bits per heavy atom. The van der Waals surface area contributed by atoms with Gasteiger partial charge in [0.25, 0.3) is 0 Å². The average Bonchev–Trinajstić information content (AvgIpc) is 3.25. The van der Waals surface area contributed by atoms with E-state index in [0.29, 0.717) is 6.04 Å². The Balaban J connectivity index is 1.76. The molecule has 1 aromatic rings. The van der Waals surface area contributed by atoms with Gasteiger partial charge in [-0.15, -0.1) is 0 Å². The molecule has 0 amide bonds. The minimum atomic E-state index is 0.657. The SMILES string of the molecule is CC1CCCCCN1c1ccncc1CNC1CC1. The molecule has 2 aliphatic rings. The molecule has 3 nitrogen and oxygen atoms in total. The summed E-state index contributed by atoms with van der Waals surface area (Å²) in [5, 5.41) is 3.62. The van der Waals surface area contributed by atoms with E-state index in [4.69, 9.17) is 0 Å². The molecule has 3 rings (SSSR count). The smallest absolute Gasteiger partial charge is 0.0445 e. The number of aromatic nitrogens is 1. The number of nitrogens with zero attached hydrogens (tertiary/aromatic N) is 2. The third kappa shape index (κ3) is 3.27. The number of pyridine rings is 1. The first-order valence-electron chi connectivity index (χ1n) is 7.77. The summed E-state index contributed by atoms with van der Waals surface area (Å²) in [6.45, 7) is 4.53. The van der Waals surface area contributed by atoms with Crippen LogP contribution in [0.3, 0.4) is 0 Å². The molecule has 2 fully saturated rings. The van der Waals surface area contributed by atoms with E-state index in [1.54, 1.807) is 0 Å². The summed E-state index contributed by atoms with van der Waals surface area (Å²) in [6.07, 6.45) is 12.1. The average molecular weight is 259 g/mol. The van der Waals surface area contributed by atoms with E-state index in [1.807, 2.05) is 12.4 Å². The summed E-state index contributed by atoms with van der Waals surface area (Å²) in [5.74, 6) is 0. The Bertz CT molecular complexity index is 414. The normalized spacial score (nSPS) is 24.3. The lowest BCUT2D eigenvalue weighted by atomic mass is 10.1. The first kappa shape index (κ1) is 12.9. The molecule has 1 saturated carbocycles. The highest BCUT2D eigenvalue weighted by Gasteiger charge is 2.23. The van der Waals surface area contributed by atoms with Gasteiger partial charge in [0.2, 0.25) is 0 Å². The largest absolute Gasteiger partial charge is 0.368 e. The van der Waals surface area contributed by atoms with E-state index in [-0.39, 0.29) is 0 Å². The van der Waals surface area contributed by atoms with Crippen molar-refractivity contribution in [2.45, 2.75) is 64.1 Å². The van der Waals surface area contributed by atoms with Gasteiger partial charge >= 0.3 is 0 Å². The fourth-order valence-corrected chi connectivity index (χ4v) is 3.01. The lowest BCUT2D eigenvalue weighted by Gasteiger charge is -2.31. The van der Waals surface area contributed by atoms with E-state index in [1.165, 1.54) is 56.3 Å². The van der Waals surface area contributed by atoms with Gasteiger partial charge in [-0.1, -0.05) is 12.8 Å². The van der Waals surface area contributed by atoms with Gasteiger partial charge in [-0.2, -0.15) is 0 Å². The van der Waals surface area contributed by atoms with Gasteiger partial charge in [0.05, 0.1) is 0 Å². The highest BCUT2D eigenvalue weighted by molar-refractivity contribution is 5.53. The molecule has 2 heterocycles. The molecule has 1 aliphatic carbocycles. The van der Waals surface area contributed by atoms with Crippen LogP contribution in [0.4, 0.5) is 5.69 Å². The summed E-state index contributed by atoms with van der Waals surface area (Å²) in [7, 11) is 0. The van der Waals surface area contributed by atoms with Crippen LogP contribution in [0.25, 0.3) is 0 Å². The summed E-state index contributed by atoms with van der Waals surface area (Å²) >= 11 is 0. The summed E-state index contributed by atoms with van der Waals surface area (Å²) in [6, 6.07) is 3.62. The second kappa shape index (κ2) is 5.91. The van der Waals surface area contributed by atoms with E-state index >= 15 is 0 Å². The lowest BCUT2D eigenvalue weighted by molar-refractivity contribution is 0.610. The number of nitrogens with one attached hydrogen (secondary N) is 1. The number of anilines is 1. The highest BCUT2D eigenvalue weighted by Crippen LogP contribution is 2.27. The van der Waals surface area contributed by atoms with Gasteiger partial charge < -0.3 is 10.2 Å². The molecule has 1 aromatic heterocycles. The van der Waals surface area contributed by atoms with Crippen molar-refractivity contribution >= 4 is 5.69 Å². The fourth-order valence-electron chi connectivity index (χ4n) is 3.01. The Morgan fingerprint density at radius 1 is 1.26 bits per heavy atom. The topological polar surface area (TPSA) is 28.2 Å². The van der Waals surface area contributed by atoms with E-state index in [0.717, 1.165) is 12.6 Å². The highest BCUT2D eigenvalue weighted by atomic mass is 15.2. The Labute approximate surface area is 116 Å². The standard InChI is InChI=1S/C16H25N3/c1-13-5-3-2-4-10-19(13)16-8-9-17-11-14(16)12-18-15-6-7-15/h8-9,11,13,15,18H,2-7,10,12H2,1H3. The molecule has 1 N–H and O–H groups in total. The molecular weight excluding hydrogens is 234 g/mol. The molecule has 1 saturated heterocycles. The molecule has 0 aromatic carbocycles. The predicted molar refractivity (Wildman–Crippen MR) is 79.4 cm³/mol. The molecule has 1 unspecified atom stereocenters. The van der Waals surface area contributed by atoms with Crippen molar-refractivity contribution in [3.8, 4) is 0 Å². The van der Waals surface area contributed by atoms with E-state index < -0.39 is 0 Å². The van der Waals surface area contributed by atoms with Crippen LogP contribution in [0.15, 0.2) is 18.5 Å². The second-order valence-corrected chi connectivity index (χ2v) is 6.05. The van der Waals surface area contributed by atoms with Crippen LogP contribution in [-0.4, -0.2) is 23.6 Å². The van der Waals surface area contributed by atoms with Crippen LogP contribution >= 0.6 is 0 Å². The molecule has 0 bridgehead atoms. The molecule has 0 spiro atoms. The van der Waals surface area contributed by atoms with Crippen molar-refractivity contribution in [3.05, 3.63) is 24.0 Å². The van der Waals surface area contributed by atoms with Crippen LogP contribution in [0.1, 0.15) is 51.0 Å². The monoisotopic (exact) mass is 259 g/mol. The molecular formula is C16H25N3. The Hall–Kier alpha value is -1.09.